The van der Waals surface area contributed by atoms with Crippen molar-refractivity contribution >= 4 is 29.9 Å². The molecule has 1 aromatic carbocycles. The van der Waals surface area contributed by atoms with Crippen molar-refractivity contribution in [2.75, 3.05) is 39.3 Å². The van der Waals surface area contributed by atoms with Crippen LogP contribution in [0.25, 0.3) is 0 Å². The van der Waals surface area contributed by atoms with Crippen molar-refractivity contribution in [1.29, 1.82) is 0 Å². The number of fused-ring (bicyclic) bond motifs is 1. The number of benzene rings is 1. The predicted molar refractivity (Wildman–Crippen MR) is 123 cm³/mol. The number of guanidine groups is 1. The van der Waals surface area contributed by atoms with E-state index in [4.69, 9.17) is 9.73 Å². The molecule has 3 rings (SSSR count). The van der Waals surface area contributed by atoms with Gasteiger partial charge < -0.3 is 15.0 Å². The molecule has 6 heteroatoms. The Bertz CT molecular complexity index is 581. The Kier molecular flexibility index (Phi) is 9.32. The molecule has 2 fully saturated rings. The summed E-state index contributed by atoms with van der Waals surface area (Å²) in [6.45, 7) is 13.2. The topological polar surface area (TPSA) is 40.1 Å². The van der Waals surface area contributed by atoms with E-state index in [2.05, 4.69) is 66.2 Å². The van der Waals surface area contributed by atoms with Crippen LogP contribution in [0.15, 0.2) is 35.3 Å². The smallest absolute Gasteiger partial charge is 0.194 e. The Morgan fingerprint density at radius 3 is 2.74 bits per heavy atom. The summed E-state index contributed by atoms with van der Waals surface area (Å²) in [5.74, 6) is 1.73. The highest BCUT2D eigenvalue weighted by molar-refractivity contribution is 14.0. The SMILES string of the molecule is CCNC(=NCCC(C)C)N1CC2OCCN(Cc3ccccc3)C2C1.I. The van der Waals surface area contributed by atoms with Crippen molar-refractivity contribution < 1.29 is 4.74 Å². The van der Waals surface area contributed by atoms with Crippen LogP contribution in [-0.2, 0) is 11.3 Å². The summed E-state index contributed by atoms with van der Waals surface area (Å²) in [6.07, 6.45) is 1.41. The minimum atomic E-state index is 0. The fourth-order valence-corrected chi connectivity index (χ4v) is 3.80. The normalized spacial score (nSPS) is 23.3. The van der Waals surface area contributed by atoms with Crippen LogP contribution in [0.2, 0.25) is 0 Å². The summed E-state index contributed by atoms with van der Waals surface area (Å²) < 4.78 is 6.10. The highest BCUT2D eigenvalue weighted by Gasteiger charge is 2.41. The predicted octanol–water partition coefficient (Wildman–Crippen LogP) is 3.20. The maximum atomic E-state index is 6.10. The number of halogens is 1. The second-order valence-corrected chi connectivity index (χ2v) is 7.76. The molecule has 0 spiro atoms. The van der Waals surface area contributed by atoms with Crippen LogP contribution in [-0.4, -0.2) is 67.2 Å². The van der Waals surface area contributed by atoms with E-state index in [0.717, 1.165) is 58.3 Å². The number of nitrogens with one attached hydrogen (secondary N) is 1. The number of likely N-dealkylation sites (tertiary alicyclic amines) is 1. The van der Waals surface area contributed by atoms with E-state index >= 15 is 0 Å². The van der Waals surface area contributed by atoms with E-state index in [0.29, 0.717) is 12.0 Å². The van der Waals surface area contributed by atoms with Crippen LogP contribution >= 0.6 is 24.0 Å². The third-order valence-corrected chi connectivity index (χ3v) is 5.25. The third kappa shape index (κ3) is 6.32. The van der Waals surface area contributed by atoms with Crippen molar-refractivity contribution in [2.45, 2.75) is 45.9 Å². The van der Waals surface area contributed by atoms with Crippen molar-refractivity contribution in [3.8, 4) is 0 Å². The van der Waals surface area contributed by atoms with E-state index in [-0.39, 0.29) is 30.1 Å². The monoisotopic (exact) mass is 486 g/mol. The molecule has 1 N–H and O–H groups in total. The van der Waals surface area contributed by atoms with Crippen molar-refractivity contribution in [2.24, 2.45) is 10.9 Å². The number of hydrogen-bond donors (Lipinski definition) is 1. The van der Waals surface area contributed by atoms with Crippen LogP contribution in [0.5, 0.6) is 0 Å². The summed E-state index contributed by atoms with van der Waals surface area (Å²) in [4.78, 5) is 9.84. The van der Waals surface area contributed by atoms with Gasteiger partial charge in [-0.3, -0.25) is 9.89 Å². The third-order valence-electron chi connectivity index (χ3n) is 5.25. The zero-order valence-electron chi connectivity index (χ0n) is 16.9. The quantitative estimate of drug-likeness (QED) is 0.381. The molecule has 2 aliphatic rings. The largest absolute Gasteiger partial charge is 0.373 e. The van der Waals surface area contributed by atoms with Crippen LogP contribution in [0, 0.1) is 5.92 Å². The van der Waals surface area contributed by atoms with E-state index in [1.807, 2.05) is 0 Å². The second-order valence-electron chi connectivity index (χ2n) is 7.76. The molecule has 5 nitrogen and oxygen atoms in total. The fraction of sp³-hybridized carbons (Fsp3) is 0.667. The summed E-state index contributed by atoms with van der Waals surface area (Å²) in [7, 11) is 0. The van der Waals surface area contributed by atoms with Gasteiger partial charge in [-0.25, -0.2) is 0 Å². The molecule has 152 valence electrons. The van der Waals surface area contributed by atoms with Gasteiger partial charge in [-0.15, -0.1) is 24.0 Å². The summed E-state index contributed by atoms with van der Waals surface area (Å²) >= 11 is 0. The van der Waals surface area contributed by atoms with Gasteiger partial charge in [0.25, 0.3) is 0 Å². The molecule has 2 saturated heterocycles. The maximum absolute atomic E-state index is 6.10. The van der Waals surface area contributed by atoms with Crippen LogP contribution in [0.1, 0.15) is 32.8 Å². The average molecular weight is 486 g/mol. The molecular weight excluding hydrogens is 451 g/mol. The minimum absolute atomic E-state index is 0. The highest BCUT2D eigenvalue weighted by Crippen LogP contribution is 2.24. The lowest BCUT2D eigenvalue weighted by Crippen LogP contribution is -2.50. The summed E-state index contributed by atoms with van der Waals surface area (Å²) in [5.41, 5.74) is 1.38. The lowest BCUT2D eigenvalue weighted by atomic mass is 10.1. The number of hydrogen-bond acceptors (Lipinski definition) is 3. The molecule has 0 aliphatic carbocycles. The maximum Gasteiger partial charge on any atom is 0.194 e. The zero-order chi connectivity index (χ0) is 18.4. The molecule has 0 radical (unpaired) electrons. The highest BCUT2D eigenvalue weighted by atomic mass is 127. The Balaban J connectivity index is 0.00000261. The first-order valence-corrected chi connectivity index (χ1v) is 10.1. The molecule has 0 amide bonds. The van der Waals surface area contributed by atoms with E-state index in [1.165, 1.54) is 5.56 Å². The molecular formula is C21H35IN4O. The lowest BCUT2D eigenvalue weighted by molar-refractivity contribution is -0.0502. The van der Waals surface area contributed by atoms with Crippen molar-refractivity contribution in [3.63, 3.8) is 0 Å². The first-order valence-electron chi connectivity index (χ1n) is 10.1. The molecule has 0 bridgehead atoms. The number of nitrogens with zero attached hydrogens (tertiary/aromatic N) is 3. The van der Waals surface area contributed by atoms with E-state index in [1.54, 1.807) is 0 Å². The van der Waals surface area contributed by atoms with Crippen molar-refractivity contribution in [1.82, 2.24) is 15.1 Å². The number of rotatable bonds is 6. The fourth-order valence-electron chi connectivity index (χ4n) is 3.80. The molecule has 2 unspecified atom stereocenters. The van der Waals surface area contributed by atoms with Gasteiger partial charge in [0, 0.05) is 39.3 Å². The van der Waals surface area contributed by atoms with Gasteiger partial charge in [0.1, 0.15) is 0 Å². The Morgan fingerprint density at radius 2 is 2.04 bits per heavy atom. The lowest BCUT2D eigenvalue weighted by Gasteiger charge is -2.36. The first-order chi connectivity index (χ1) is 12.7. The van der Waals surface area contributed by atoms with Gasteiger partial charge in [0.2, 0.25) is 0 Å². The van der Waals surface area contributed by atoms with Gasteiger partial charge in [0.15, 0.2) is 5.96 Å². The molecule has 2 heterocycles. The summed E-state index contributed by atoms with van der Waals surface area (Å²) in [5, 5.41) is 3.47. The Morgan fingerprint density at radius 1 is 1.26 bits per heavy atom. The van der Waals surface area contributed by atoms with Crippen molar-refractivity contribution in [3.05, 3.63) is 35.9 Å². The number of aliphatic imine (C=N–C) groups is 1. The Hall–Kier alpha value is -0.860. The first kappa shape index (κ1) is 22.4. The van der Waals surface area contributed by atoms with E-state index < -0.39 is 0 Å². The zero-order valence-corrected chi connectivity index (χ0v) is 19.3. The van der Waals surface area contributed by atoms with Gasteiger partial charge in [-0.1, -0.05) is 44.2 Å². The minimum Gasteiger partial charge on any atom is -0.373 e. The molecule has 27 heavy (non-hydrogen) atoms. The number of ether oxygens (including phenoxy) is 1. The van der Waals surface area contributed by atoms with E-state index in [9.17, 15) is 0 Å². The molecule has 2 aliphatic heterocycles. The van der Waals surface area contributed by atoms with Gasteiger partial charge in [-0.05, 0) is 24.8 Å². The molecule has 2 atom stereocenters. The second kappa shape index (κ2) is 11.2. The standard InChI is InChI=1S/C21H34N4O.HI/c1-4-22-21(23-11-10-17(2)3)25-15-19-20(16-25)26-13-12-24(19)14-18-8-6-5-7-9-18;/h5-9,17,19-20H,4,10-16H2,1-3H3,(H,22,23);1H. The Labute approximate surface area is 181 Å². The van der Waals surface area contributed by atoms with Crippen LogP contribution in [0.4, 0.5) is 0 Å². The molecule has 1 aromatic rings. The number of morpholine rings is 1. The van der Waals surface area contributed by atoms with Gasteiger partial charge in [0.05, 0.1) is 18.8 Å². The summed E-state index contributed by atoms with van der Waals surface area (Å²) in [6, 6.07) is 11.2. The average Bonchev–Trinajstić information content (AvgIpc) is 3.07. The molecule has 0 aromatic heterocycles. The van der Waals surface area contributed by atoms with Crippen LogP contribution in [0.3, 0.4) is 0 Å². The molecule has 0 saturated carbocycles. The van der Waals surface area contributed by atoms with Gasteiger partial charge in [-0.2, -0.15) is 0 Å². The van der Waals surface area contributed by atoms with Crippen LogP contribution < -0.4 is 5.32 Å². The van der Waals surface area contributed by atoms with Gasteiger partial charge >= 0.3 is 0 Å².